The van der Waals surface area contributed by atoms with Crippen LogP contribution in [0.25, 0.3) is 0 Å². The molecule has 0 radical (unpaired) electrons. The highest BCUT2D eigenvalue weighted by Gasteiger charge is 2.20. The Balaban J connectivity index is 2.54. The number of carboxylic acids is 1. The second kappa shape index (κ2) is 6.19. The molecule has 1 aromatic heterocycles. The number of nitrogens with zero attached hydrogens (tertiary/aromatic N) is 1. The molecule has 0 spiro atoms. The molecule has 1 heterocycles. The lowest BCUT2D eigenvalue weighted by Gasteiger charge is -2.12. The average Bonchev–Trinajstić information content (AvgIpc) is 2.76. The third kappa shape index (κ3) is 3.59. The topological polar surface area (TPSA) is 88.5 Å². The summed E-state index contributed by atoms with van der Waals surface area (Å²) in [6, 6.07) is -0.936. The minimum Gasteiger partial charge on any atom is -0.480 e. The highest BCUT2D eigenvalue weighted by molar-refractivity contribution is 7.11. The van der Waals surface area contributed by atoms with Gasteiger partial charge in [0.25, 0.3) is 5.91 Å². The van der Waals surface area contributed by atoms with Gasteiger partial charge in [-0.05, 0) is 0 Å². The number of thiazole rings is 1. The van der Waals surface area contributed by atoms with Gasteiger partial charge in [0, 0.05) is 20.1 Å². The van der Waals surface area contributed by atoms with Gasteiger partial charge in [-0.25, -0.2) is 4.79 Å². The number of carboxylic acid groups (broad SMARTS) is 1. The molecule has 0 bridgehead atoms. The van der Waals surface area contributed by atoms with Crippen molar-refractivity contribution in [3.63, 3.8) is 0 Å². The van der Waals surface area contributed by atoms with Gasteiger partial charge in [0.05, 0.1) is 11.7 Å². The van der Waals surface area contributed by atoms with E-state index in [1.165, 1.54) is 18.8 Å². The first kappa shape index (κ1) is 12.6. The number of methoxy groups -OCH3 is 1. The second-order valence-electron chi connectivity index (χ2n) is 3.01. The molecular weight excluding hydrogens is 232 g/mol. The third-order valence-electron chi connectivity index (χ3n) is 1.87. The molecule has 1 rings (SSSR count). The molecule has 6 nitrogen and oxygen atoms in total. The highest BCUT2D eigenvalue weighted by atomic mass is 32.1. The van der Waals surface area contributed by atoms with Gasteiger partial charge in [-0.3, -0.25) is 9.78 Å². The van der Waals surface area contributed by atoms with Crippen LogP contribution in [0.1, 0.15) is 16.1 Å². The highest BCUT2D eigenvalue weighted by Crippen LogP contribution is 2.06. The van der Waals surface area contributed by atoms with Crippen LogP contribution in [0.2, 0.25) is 0 Å². The molecule has 0 aliphatic carbocycles. The Hall–Kier alpha value is -1.47. The first-order valence-electron chi connectivity index (χ1n) is 4.56. The van der Waals surface area contributed by atoms with Crippen LogP contribution >= 0.6 is 11.3 Å². The Morgan fingerprint density at radius 3 is 2.94 bits per heavy atom. The molecule has 0 aromatic carbocycles. The second-order valence-corrected chi connectivity index (χ2v) is 3.90. The Bertz CT molecular complexity index is 352. The van der Waals surface area contributed by atoms with Gasteiger partial charge in [0.15, 0.2) is 0 Å². The van der Waals surface area contributed by atoms with Crippen LogP contribution in [0.3, 0.4) is 0 Å². The summed E-state index contributed by atoms with van der Waals surface area (Å²) < 4.78 is 4.77. The van der Waals surface area contributed by atoms with Crippen LogP contribution in [0.15, 0.2) is 11.7 Å². The predicted octanol–water partition coefficient (Wildman–Crippen LogP) is 0.363. The molecule has 0 aliphatic rings. The summed E-state index contributed by atoms with van der Waals surface area (Å²) in [5, 5.41) is 11.3. The zero-order valence-electron chi connectivity index (χ0n) is 8.67. The Morgan fingerprint density at radius 2 is 2.44 bits per heavy atom. The van der Waals surface area contributed by atoms with Crippen molar-refractivity contribution in [2.75, 3.05) is 13.7 Å². The molecule has 0 saturated heterocycles. The van der Waals surface area contributed by atoms with E-state index in [0.29, 0.717) is 4.88 Å². The molecule has 1 amide bonds. The number of nitrogens with one attached hydrogen (secondary N) is 1. The fourth-order valence-electron chi connectivity index (χ4n) is 1.05. The molecular formula is C9H12N2O4S. The van der Waals surface area contributed by atoms with E-state index in [2.05, 4.69) is 10.3 Å². The smallest absolute Gasteiger partial charge is 0.326 e. The van der Waals surface area contributed by atoms with E-state index in [1.54, 1.807) is 0 Å². The van der Waals surface area contributed by atoms with Crippen molar-refractivity contribution in [1.29, 1.82) is 0 Å². The molecule has 0 fully saturated rings. The van der Waals surface area contributed by atoms with Crippen LogP contribution in [0.4, 0.5) is 0 Å². The quantitative estimate of drug-likeness (QED) is 0.754. The van der Waals surface area contributed by atoms with Gasteiger partial charge in [0.1, 0.15) is 10.9 Å². The van der Waals surface area contributed by atoms with Crippen molar-refractivity contribution < 1.29 is 19.4 Å². The standard InChI is InChI=1S/C9H12N2O4S/c1-15-3-2-6(9(13)14)11-8(12)7-4-10-5-16-7/h4-6H,2-3H2,1H3,(H,11,12)(H,13,14). The summed E-state index contributed by atoms with van der Waals surface area (Å²) in [4.78, 5) is 26.5. The van der Waals surface area contributed by atoms with E-state index in [1.807, 2.05) is 0 Å². The number of aliphatic carboxylic acids is 1. The van der Waals surface area contributed by atoms with E-state index in [0.717, 1.165) is 11.3 Å². The number of carbonyl (C=O) groups excluding carboxylic acids is 1. The molecule has 0 saturated carbocycles. The molecule has 88 valence electrons. The van der Waals surface area contributed by atoms with Gasteiger partial charge in [-0.1, -0.05) is 0 Å². The van der Waals surface area contributed by atoms with E-state index >= 15 is 0 Å². The normalized spacial score (nSPS) is 12.1. The van der Waals surface area contributed by atoms with E-state index < -0.39 is 17.9 Å². The number of amides is 1. The van der Waals surface area contributed by atoms with Crippen LogP contribution in [0, 0.1) is 0 Å². The zero-order chi connectivity index (χ0) is 12.0. The minimum atomic E-state index is -1.07. The van der Waals surface area contributed by atoms with Crippen molar-refractivity contribution in [2.45, 2.75) is 12.5 Å². The number of hydrogen-bond donors (Lipinski definition) is 2. The maximum atomic E-state index is 11.5. The van der Waals surface area contributed by atoms with Gasteiger partial charge >= 0.3 is 5.97 Å². The SMILES string of the molecule is COCCC(NC(=O)c1cncs1)C(=O)O. The minimum absolute atomic E-state index is 0.233. The summed E-state index contributed by atoms with van der Waals surface area (Å²) in [5.41, 5.74) is 1.51. The predicted molar refractivity (Wildman–Crippen MR) is 57.5 cm³/mol. The summed E-state index contributed by atoms with van der Waals surface area (Å²) in [6.45, 7) is 0.278. The summed E-state index contributed by atoms with van der Waals surface area (Å²) in [7, 11) is 1.48. The van der Waals surface area contributed by atoms with E-state index in [-0.39, 0.29) is 13.0 Å². The van der Waals surface area contributed by atoms with Crippen molar-refractivity contribution >= 4 is 23.2 Å². The first-order chi connectivity index (χ1) is 7.65. The largest absolute Gasteiger partial charge is 0.480 e. The number of ether oxygens (including phenoxy) is 1. The Morgan fingerprint density at radius 1 is 1.69 bits per heavy atom. The molecule has 1 aromatic rings. The molecule has 1 atom stereocenters. The fraction of sp³-hybridized carbons (Fsp3) is 0.444. The maximum Gasteiger partial charge on any atom is 0.326 e. The van der Waals surface area contributed by atoms with Crippen molar-refractivity contribution in [3.8, 4) is 0 Å². The average molecular weight is 244 g/mol. The zero-order valence-corrected chi connectivity index (χ0v) is 9.49. The molecule has 1 unspecified atom stereocenters. The van der Waals surface area contributed by atoms with E-state index in [4.69, 9.17) is 9.84 Å². The lowest BCUT2D eigenvalue weighted by molar-refractivity contribution is -0.139. The molecule has 7 heteroatoms. The van der Waals surface area contributed by atoms with Gasteiger partial charge in [0.2, 0.25) is 0 Å². The monoisotopic (exact) mass is 244 g/mol. The first-order valence-corrected chi connectivity index (χ1v) is 5.44. The summed E-state index contributed by atoms with van der Waals surface area (Å²) >= 11 is 1.16. The Kier molecular flexibility index (Phi) is 4.87. The fourth-order valence-corrected chi connectivity index (χ4v) is 1.57. The van der Waals surface area contributed by atoms with Gasteiger partial charge in [-0.2, -0.15) is 0 Å². The molecule has 2 N–H and O–H groups in total. The summed E-state index contributed by atoms with van der Waals surface area (Å²) in [5.74, 6) is -1.50. The number of rotatable bonds is 6. The number of hydrogen-bond acceptors (Lipinski definition) is 5. The van der Waals surface area contributed by atoms with Crippen molar-refractivity contribution in [3.05, 3.63) is 16.6 Å². The van der Waals surface area contributed by atoms with Crippen LogP contribution < -0.4 is 5.32 Å². The van der Waals surface area contributed by atoms with Crippen molar-refractivity contribution in [1.82, 2.24) is 10.3 Å². The lowest BCUT2D eigenvalue weighted by Crippen LogP contribution is -2.41. The summed E-state index contributed by atoms with van der Waals surface area (Å²) in [6.07, 6.45) is 1.63. The number of carbonyl (C=O) groups is 2. The molecule has 16 heavy (non-hydrogen) atoms. The Labute approximate surface area is 96.3 Å². The number of aromatic nitrogens is 1. The third-order valence-corrected chi connectivity index (χ3v) is 2.64. The lowest BCUT2D eigenvalue weighted by atomic mass is 10.2. The van der Waals surface area contributed by atoms with Gasteiger partial charge < -0.3 is 15.2 Å². The van der Waals surface area contributed by atoms with Crippen molar-refractivity contribution in [2.24, 2.45) is 0 Å². The maximum absolute atomic E-state index is 11.5. The molecule has 0 aliphatic heterocycles. The van der Waals surface area contributed by atoms with E-state index in [9.17, 15) is 9.59 Å². The van der Waals surface area contributed by atoms with Crippen LogP contribution in [-0.2, 0) is 9.53 Å². The van der Waals surface area contributed by atoms with Gasteiger partial charge in [-0.15, -0.1) is 11.3 Å². The van der Waals surface area contributed by atoms with Crippen LogP contribution in [0.5, 0.6) is 0 Å². The van der Waals surface area contributed by atoms with Crippen LogP contribution in [-0.4, -0.2) is 41.7 Å².